The molecule has 1 aromatic heterocycles. The molecule has 1 amide bonds. The molecular weight excluding hydrogens is 238 g/mol. The topological polar surface area (TPSA) is 54.0 Å². The summed E-state index contributed by atoms with van der Waals surface area (Å²) < 4.78 is 0. The van der Waals surface area contributed by atoms with Gasteiger partial charge in [-0.3, -0.25) is 4.79 Å². The van der Waals surface area contributed by atoms with E-state index in [1.165, 1.54) is 0 Å². The van der Waals surface area contributed by atoms with Crippen molar-refractivity contribution in [2.75, 3.05) is 18.4 Å². The molecule has 4 nitrogen and oxygen atoms in total. The lowest BCUT2D eigenvalue weighted by Crippen LogP contribution is -2.38. The molecule has 1 aliphatic rings. The van der Waals surface area contributed by atoms with Gasteiger partial charge in [-0.15, -0.1) is 0 Å². The summed E-state index contributed by atoms with van der Waals surface area (Å²) in [4.78, 5) is 16.9. The summed E-state index contributed by atoms with van der Waals surface area (Å²) in [6.07, 6.45) is 2.86. The maximum absolute atomic E-state index is 12.6. The molecule has 0 radical (unpaired) electrons. The van der Waals surface area contributed by atoms with Gasteiger partial charge in [-0.05, 0) is 50.9 Å². The average Bonchev–Trinajstić information content (AvgIpc) is 2.78. The molecule has 1 saturated heterocycles. The number of pyridine rings is 1. The van der Waals surface area contributed by atoms with Crippen molar-refractivity contribution in [3.63, 3.8) is 0 Å². The highest BCUT2D eigenvalue weighted by atomic mass is 16.2. The van der Waals surface area contributed by atoms with E-state index >= 15 is 0 Å². The van der Waals surface area contributed by atoms with E-state index in [0.29, 0.717) is 5.82 Å². The van der Waals surface area contributed by atoms with Crippen molar-refractivity contribution in [3.05, 3.63) is 23.4 Å². The number of anilines is 1. The number of nitrogens with zero attached hydrogens (tertiary/aromatic N) is 1. The molecule has 19 heavy (non-hydrogen) atoms. The second-order valence-electron chi connectivity index (χ2n) is 5.58. The molecule has 1 aromatic rings. The third-order valence-electron chi connectivity index (χ3n) is 3.79. The molecule has 0 spiro atoms. The molecule has 104 valence electrons. The number of aromatic nitrogens is 1. The Morgan fingerprint density at radius 1 is 1.47 bits per heavy atom. The minimum absolute atomic E-state index is 0.108. The van der Waals surface area contributed by atoms with Crippen LogP contribution in [0.3, 0.4) is 0 Å². The Hall–Kier alpha value is -1.42. The van der Waals surface area contributed by atoms with Crippen LogP contribution in [-0.2, 0) is 4.79 Å². The van der Waals surface area contributed by atoms with Crippen LogP contribution in [0.15, 0.2) is 12.1 Å². The lowest BCUT2D eigenvalue weighted by molar-refractivity contribution is -0.125. The van der Waals surface area contributed by atoms with Crippen molar-refractivity contribution in [1.82, 2.24) is 10.3 Å². The minimum Gasteiger partial charge on any atom is -0.316 e. The van der Waals surface area contributed by atoms with E-state index in [9.17, 15) is 4.79 Å². The van der Waals surface area contributed by atoms with Gasteiger partial charge in [0.1, 0.15) is 5.82 Å². The van der Waals surface area contributed by atoms with Gasteiger partial charge in [-0.1, -0.05) is 13.3 Å². The first-order valence-electron chi connectivity index (χ1n) is 7.03. The fourth-order valence-electron chi connectivity index (χ4n) is 2.90. The second-order valence-corrected chi connectivity index (χ2v) is 5.58. The number of aryl methyl sites for hydroxylation is 2. The molecule has 0 bridgehead atoms. The summed E-state index contributed by atoms with van der Waals surface area (Å²) in [7, 11) is 0. The Morgan fingerprint density at radius 3 is 2.84 bits per heavy atom. The SMILES string of the molecule is CCCC1(C(=O)Nc2cc(C)cc(C)n2)CCNC1. The summed E-state index contributed by atoms with van der Waals surface area (Å²) in [6, 6.07) is 3.93. The van der Waals surface area contributed by atoms with Crippen molar-refractivity contribution in [2.24, 2.45) is 5.41 Å². The van der Waals surface area contributed by atoms with Gasteiger partial charge in [-0.2, -0.15) is 0 Å². The summed E-state index contributed by atoms with van der Waals surface area (Å²) in [5.74, 6) is 0.779. The van der Waals surface area contributed by atoms with E-state index in [0.717, 1.165) is 43.6 Å². The number of amides is 1. The Bertz CT molecular complexity index is 444. The zero-order valence-electron chi connectivity index (χ0n) is 12.0. The van der Waals surface area contributed by atoms with Gasteiger partial charge >= 0.3 is 0 Å². The quantitative estimate of drug-likeness (QED) is 0.875. The number of rotatable bonds is 4. The number of hydrogen-bond donors (Lipinski definition) is 2. The van der Waals surface area contributed by atoms with E-state index in [1.54, 1.807) is 0 Å². The van der Waals surface area contributed by atoms with E-state index in [-0.39, 0.29) is 11.3 Å². The van der Waals surface area contributed by atoms with Crippen LogP contribution >= 0.6 is 0 Å². The van der Waals surface area contributed by atoms with Crippen LogP contribution in [0.4, 0.5) is 5.82 Å². The zero-order chi connectivity index (χ0) is 13.9. The van der Waals surface area contributed by atoms with Gasteiger partial charge in [0, 0.05) is 12.2 Å². The number of carbonyl (C=O) groups is 1. The van der Waals surface area contributed by atoms with Gasteiger partial charge in [-0.25, -0.2) is 4.98 Å². The highest BCUT2D eigenvalue weighted by Crippen LogP contribution is 2.32. The second kappa shape index (κ2) is 5.70. The van der Waals surface area contributed by atoms with Crippen molar-refractivity contribution in [2.45, 2.75) is 40.0 Å². The van der Waals surface area contributed by atoms with Crippen molar-refractivity contribution < 1.29 is 4.79 Å². The summed E-state index contributed by atoms with van der Waals surface area (Å²) >= 11 is 0. The molecule has 1 aliphatic heterocycles. The first kappa shape index (κ1) is 14.0. The van der Waals surface area contributed by atoms with Crippen molar-refractivity contribution >= 4 is 11.7 Å². The predicted octanol–water partition coefficient (Wildman–Crippen LogP) is 2.42. The van der Waals surface area contributed by atoms with Gasteiger partial charge in [0.15, 0.2) is 0 Å². The van der Waals surface area contributed by atoms with Crippen LogP contribution in [0.25, 0.3) is 0 Å². The van der Waals surface area contributed by atoms with Gasteiger partial charge in [0.2, 0.25) is 5.91 Å². The van der Waals surface area contributed by atoms with E-state index in [1.807, 2.05) is 26.0 Å². The molecule has 2 N–H and O–H groups in total. The van der Waals surface area contributed by atoms with Crippen LogP contribution in [-0.4, -0.2) is 24.0 Å². The van der Waals surface area contributed by atoms with Crippen LogP contribution in [0, 0.1) is 19.3 Å². The highest BCUT2D eigenvalue weighted by molar-refractivity contribution is 5.95. The Balaban J connectivity index is 2.14. The number of hydrogen-bond acceptors (Lipinski definition) is 3. The lowest BCUT2D eigenvalue weighted by atomic mass is 9.81. The minimum atomic E-state index is -0.256. The standard InChI is InChI=1S/C15H23N3O/c1-4-5-15(6-7-16-10-15)14(19)18-13-9-11(2)8-12(3)17-13/h8-9,16H,4-7,10H2,1-3H3,(H,17,18,19). The molecule has 2 heterocycles. The van der Waals surface area contributed by atoms with Crippen LogP contribution in [0.5, 0.6) is 0 Å². The van der Waals surface area contributed by atoms with Gasteiger partial charge < -0.3 is 10.6 Å². The van der Waals surface area contributed by atoms with Gasteiger partial charge in [0.05, 0.1) is 5.41 Å². The van der Waals surface area contributed by atoms with E-state index in [4.69, 9.17) is 0 Å². The monoisotopic (exact) mass is 261 g/mol. The first-order valence-corrected chi connectivity index (χ1v) is 7.03. The van der Waals surface area contributed by atoms with Crippen molar-refractivity contribution in [1.29, 1.82) is 0 Å². The molecule has 1 fully saturated rings. The van der Waals surface area contributed by atoms with Crippen LogP contribution in [0.1, 0.15) is 37.4 Å². The number of carbonyl (C=O) groups excluding carboxylic acids is 1. The molecule has 0 aromatic carbocycles. The summed E-state index contributed by atoms with van der Waals surface area (Å²) in [6.45, 7) is 7.79. The Labute approximate surface area is 115 Å². The third kappa shape index (κ3) is 3.13. The van der Waals surface area contributed by atoms with E-state index in [2.05, 4.69) is 22.5 Å². The average molecular weight is 261 g/mol. The molecule has 1 atom stereocenters. The molecule has 0 saturated carbocycles. The smallest absolute Gasteiger partial charge is 0.233 e. The zero-order valence-corrected chi connectivity index (χ0v) is 12.0. The normalized spacial score (nSPS) is 22.5. The van der Waals surface area contributed by atoms with E-state index < -0.39 is 0 Å². The first-order chi connectivity index (χ1) is 9.05. The summed E-state index contributed by atoms with van der Waals surface area (Å²) in [5.41, 5.74) is 1.80. The fraction of sp³-hybridized carbons (Fsp3) is 0.600. The molecule has 0 aliphatic carbocycles. The number of nitrogens with one attached hydrogen (secondary N) is 2. The van der Waals surface area contributed by atoms with Crippen molar-refractivity contribution in [3.8, 4) is 0 Å². The fourth-order valence-corrected chi connectivity index (χ4v) is 2.90. The third-order valence-corrected chi connectivity index (χ3v) is 3.79. The molecule has 4 heteroatoms. The van der Waals surface area contributed by atoms with Crippen LogP contribution < -0.4 is 10.6 Å². The molecule has 2 rings (SSSR count). The van der Waals surface area contributed by atoms with Gasteiger partial charge in [0.25, 0.3) is 0 Å². The lowest BCUT2D eigenvalue weighted by Gasteiger charge is -2.26. The maximum atomic E-state index is 12.6. The summed E-state index contributed by atoms with van der Waals surface area (Å²) in [5, 5.41) is 6.31. The van der Waals surface area contributed by atoms with Crippen LogP contribution in [0.2, 0.25) is 0 Å². The Kier molecular flexibility index (Phi) is 4.20. The predicted molar refractivity (Wildman–Crippen MR) is 77.2 cm³/mol. The largest absolute Gasteiger partial charge is 0.316 e. The maximum Gasteiger partial charge on any atom is 0.233 e. The molecular formula is C15H23N3O. The Morgan fingerprint density at radius 2 is 2.26 bits per heavy atom. The molecule has 1 unspecified atom stereocenters. The highest BCUT2D eigenvalue weighted by Gasteiger charge is 2.40.